The lowest BCUT2D eigenvalue weighted by Crippen LogP contribution is -2.48. The highest BCUT2D eigenvalue weighted by Gasteiger charge is 2.47. The van der Waals surface area contributed by atoms with Crippen LogP contribution in [0, 0.1) is 0 Å². The standard InChI is InChI=1S/C13H26O4Si/c1-5-9-13-17-18(14-10-6-2,15-11-7-3)16-12-8-4/h5,9,13H,1,6-8,10-12H2,2-4H3. The van der Waals surface area contributed by atoms with Gasteiger partial charge in [0.2, 0.25) is 0 Å². The van der Waals surface area contributed by atoms with Crippen LogP contribution in [0.5, 0.6) is 0 Å². The zero-order valence-corrected chi connectivity index (χ0v) is 12.8. The van der Waals surface area contributed by atoms with Crippen LogP contribution in [0.2, 0.25) is 0 Å². The van der Waals surface area contributed by atoms with Crippen LogP contribution in [-0.2, 0) is 17.7 Å². The summed E-state index contributed by atoms with van der Waals surface area (Å²) in [6, 6.07) is 0. The fourth-order valence-corrected chi connectivity index (χ4v) is 3.15. The summed E-state index contributed by atoms with van der Waals surface area (Å²) in [4.78, 5) is 0. The van der Waals surface area contributed by atoms with Crippen LogP contribution in [0.4, 0.5) is 0 Å². The smallest absolute Gasteiger partial charge is 0.487 e. The Kier molecular flexibility index (Phi) is 11.1. The summed E-state index contributed by atoms with van der Waals surface area (Å²) in [7, 11) is -3.03. The fraction of sp³-hybridized carbons (Fsp3) is 0.692. The van der Waals surface area contributed by atoms with E-state index in [2.05, 4.69) is 6.58 Å². The van der Waals surface area contributed by atoms with Gasteiger partial charge in [-0.25, -0.2) is 0 Å². The normalized spacial score (nSPS) is 11.9. The predicted octanol–water partition coefficient (Wildman–Crippen LogP) is 3.42. The van der Waals surface area contributed by atoms with Gasteiger partial charge in [-0.1, -0.05) is 33.4 Å². The van der Waals surface area contributed by atoms with E-state index < -0.39 is 9.05 Å². The van der Waals surface area contributed by atoms with Crippen LogP contribution in [0.15, 0.2) is 25.0 Å². The third-order valence-corrected chi connectivity index (χ3v) is 3.97. The zero-order valence-electron chi connectivity index (χ0n) is 11.8. The molecule has 0 saturated carbocycles. The van der Waals surface area contributed by atoms with Crippen molar-refractivity contribution in [2.75, 3.05) is 19.8 Å². The van der Waals surface area contributed by atoms with Crippen molar-refractivity contribution in [3.8, 4) is 0 Å². The quantitative estimate of drug-likeness (QED) is 0.310. The van der Waals surface area contributed by atoms with E-state index >= 15 is 0 Å². The van der Waals surface area contributed by atoms with Crippen LogP contribution < -0.4 is 0 Å². The largest absolute Gasteiger partial charge is 0.749 e. The van der Waals surface area contributed by atoms with Gasteiger partial charge in [-0.05, 0) is 25.3 Å². The van der Waals surface area contributed by atoms with Crippen molar-refractivity contribution < 1.29 is 17.7 Å². The Balaban J connectivity index is 4.60. The van der Waals surface area contributed by atoms with Crippen LogP contribution >= 0.6 is 0 Å². The molecular formula is C13H26O4Si. The molecule has 0 aromatic carbocycles. The Morgan fingerprint density at radius 2 is 1.33 bits per heavy atom. The number of hydrogen-bond acceptors (Lipinski definition) is 4. The summed E-state index contributed by atoms with van der Waals surface area (Å²) in [6.07, 6.45) is 7.55. The minimum absolute atomic E-state index is 0.571. The molecule has 0 N–H and O–H groups in total. The van der Waals surface area contributed by atoms with Crippen molar-refractivity contribution in [1.82, 2.24) is 0 Å². The van der Waals surface area contributed by atoms with Gasteiger partial charge in [0.1, 0.15) is 0 Å². The van der Waals surface area contributed by atoms with Crippen molar-refractivity contribution in [3.05, 3.63) is 25.0 Å². The van der Waals surface area contributed by atoms with E-state index in [-0.39, 0.29) is 0 Å². The third-order valence-electron chi connectivity index (χ3n) is 1.88. The highest BCUT2D eigenvalue weighted by molar-refractivity contribution is 6.53. The van der Waals surface area contributed by atoms with Crippen molar-refractivity contribution >= 4 is 9.05 Å². The van der Waals surface area contributed by atoms with E-state index in [9.17, 15) is 0 Å². The van der Waals surface area contributed by atoms with Crippen molar-refractivity contribution in [3.63, 3.8) is 0 Å². The summed E-state index contributed by atoms with van der Waals surface area (Å²) in [6.45, 7) is 11.4. The van der Waals surface area contributed by atoms with Crippen molar-refractivity contribution in [2.45, 2.75) is 40.0 Å². The molecule has 0 amide bonds. The molecule has 0 aliphatic rings. The third kappa shape index (κ3) is 7.65. The fourth-order valence-electron chi connectivity index (χ4n) is 1.09. The topological polar surface area (TPSA) is 36.9 Å². The van der Waals surface area contributed by atoms with Gasteiger partial charge in [0, 0.05) is 19.8 Å². The number of hydrogen-bond donors (Lipinski definition) is 0. The maximum Gasteiger partial charge on any atom is 0.749 e. The molecule has 5 heteroatoms. The Labute approximate surface area is 112 Å². The highest BCUT2D eigenvalue weighted by Crippen LogP contribution is 2.14. The lowest BCUT2D eigenvalue weighted by atomic mass is 10.5. The lowest BCUT2D eigenvalue weighted by molar-refractivity contribution is -0.0125. The predicted molar refractivity (Wildman–Crippen MR) is 74.9 cm³/mol. The Bertz CT molecular complexity index is 209. The summed E-state index contributed by atoms with van der Waals surface area (Å²) in [5, 5.41) is 0. The molecule has 0 aliphatic heterocycles. The molecule has 0 bridgehead atoms. The van der Waals surface area contributed by atoms with Gasteiger partial charge in [0.05, 0.1) is 6.26 Å². The first-order valence-corrected chi connectivity index (χ1v) is 8.25. The Morgan fingerprint density at radius 1 is 0.889 bits per heavy atom. The van der Waals surface area contributed by atoms with Crippen LogP contribution in [0.3, 0.4) is 0 Å². The zero-order chi connectivity index (χ0) is 13.7. The molecule has 0 aliphatic carbocycles. The van der Waals surface area contributed by atoms with Gasteiger partial charge < -0.3 is 17.7 Å². The molecule has 0 heterocycles. The molecule has 0 rings (SSSR count). The minimum atomic E-state index is -3.03. The Morgan fingerprint density at radius 3 is 1.67 bits per heavy atom. The van der Waals surface area contributed by atoms with Gasteiger partial charge >= 0.3 is 9.05 Å². The summed E-state index contributed by atoms with van der Waals surface area (Å²) < 4.78 is 22.7. The summed E-state index contributed by atoms with van der Waals surface area (Å²) in [5.74, 6) is 0. The Hall–Kier alpha value is -0.623. The second-order valence-electron chi connectivity index (χ2n) is 3.73. The van der Waals surface area contributed by atoms with Crippen LogP contribution in [-0.4, -0.2) is 28.9 Å². The number of rotatable bonds is 12. The molecule has 0 aromatic rings. The van der Waals surface area contributed by atoms with E-state index in [0.29, 0.717) is 19.8 Å². The molecule has 0 unspecified atom stereocenters. The molecule has 0 saturated heterocycles. The SMILES string of the molecule is C=CC=CO[Si](OCCC)(OCCC)OCCC. The minimum Gasteiger partial charge on any atom is -0.487 e. The van der Waals surface area contributed by atoms with Gasteiger partial charge in [-0.2, -0.15) is 0 Å². The molecular weight excluding hydrogens is 248 g/mol. The molecule has 0 radical (unpaired) electrons. The van der Waals surface area contributed by atoms with Crippen molar-refractivity contribution in [2.24, 2.45) is 0 Å². The van der Waals surface area contributed by atoms with Gasteiger partial charge in [0.25, 0.3) is 0 Å². The van der Waals surface area contributed by atoms with Gasteiger partial charge in [-0.3, -0.25) is 0 Å². The maximum absolute atomic E-state index is 5.72. The van der Waals surface area contributed by atoms with E-state index in [1.54, 1.807) is 12.2 Å². The van der Waals surface area contributed by atoms with E-state index in [1.165, 1.54) is 6.26 Å². The molecule has 106 valence electrons. The average Bonchev–Trinajstić information content (AvgIpc) is 2.40. The first-order chi connectivity index (χ1) is 8.74. The average molecular weight is 274 g/mol. The van der Waals surface area contributed by atoms with Crippen LogP contribution in [0.1, 0.15) is 40.0 Å². The van der Waals surface area contributed by atoms with Crippen LogP contribution in [0.25, 0.3) is 0 Å². The highest BCUT2D eigenvalue weighted by atomic mass is 28.4. The second-order valence-corrected chi connectivity index (χ2v) is 5.83. The molecule has 0 aromatic heterocycles. The van der Waals surface area contributed by atoms with E-state index in [0.717, 1.165) is 19.3 Å². The lowest BCUT2D eigenvalue weighted by Gasteiger charge is -2.26. The molecule has 18 heavy (non-hydrogen) atoms. The second kappa shape index (κ2) is 11.5. The molecule has 4 nitrogen and oxygen atoms in total. The number of allylic oxidation sites excluding steroid dienone is 2. The van der Waals surface area contributed by atoms with E-state index in [1.807, 2.05) is 20.8 Å². The van der Waals surface area contributed by atoms with Gasteiger partial charge in [-0.15, -0.1) is 0 Å². The van der Waals surface area contributed by atoms with Crippen molar-refractivity contribution in [1.29, 1.82) is 0 Å². The monoisotopic (exact) mass is 274 g/mol. The maximum atomic E-state index is 5.72. The molecule has 0 fully saturated rings. The molecule has 0 spiro atoms. The van der Waals surface area contributed by atoms with E-state index in [4.69, 9.17) is 17.7 Å². The first-order valence-electron chi connectivity index (χ1n) is 6.61. The summed E-state index contributed by atoms with van der Waals surface area (Å²) in [5.41, 5.74) is 0. The molecule has 0 atom stereocenters. The van der Waals surface area contributed by atoms with Gasteiger partial charge in [0.15, 0.2) is 0 Å². The first kappa shape index (κ1) is 17.4. The summed E-state index contributed by atoms with van der Waals surface area (Å²) >= 11 is 0.